The number of likely N-dealkylation sites (tertiary alicyclic amines) is 1. The van der Waals surface area contributed by atoms with E-state index in [-0.39, 0.29) is 6.10 Å². The Morgan fingerprint density at radius 2 is 1.68 bits per heavy atom. The van der Waals surface area contributed by atoms with Gasteiger partial charge in [-0.3, -0.25) is 4.40 Å². The van der Waals surface area contributed by atoms with E-state index in [4.69, 9.17) is 15.7 Å². The molecule has 0 bridgehead atoms. The molecule has 0 unspecified atom stereocenters. The predicted octanol–water partition coefficient (Wildman–Crippen LogP) is 4.90. The Balaban J connectivity index is 1.24. The monoisotopic (exact) mass is 490 g/mol. The minimum Gasteiger partial charge on any atom is -0.393 e. The maximum atomic E-state index is 9.86. The van der Waals surface area contributed by atoms with Crippen LogP contribution in [0, 0.1) is 0 Å². The number of rotatable bonds is 4. The van der Waals surface area contributed by atoms with Crippen LogP contribution in [0.4, 0.5) is 5.82 Å². The number of hydrogen-bond donors (Lipinski definition) is 2. The average Bonchev–Trinajstić information content (AvgIpc) is 3.29. The van der Waals surface area contributed by atoms with Gasteiger partial charge in [-0.25, -0.2) is 15.0 Å². The first kappa shape index (κ1) is 22.4. The largest absolute Gasteiger partial charge is 0.393 e. The Labute approximate surface area is 215 Å². The first-order valence-electron chi connectivity index (χ1n) is 13.2. The molecule has 2 fully saturated rings. The maximum Gasteiger partial charge on any atom is 0.150 e. The van der Waals surface area contributed by atoms with Crippen molar-refractivity contribution in [3.63, 3.8) is 0 Å². The molecule has 3 N–H and O–H groups in total. The van der Waals surface area contributed by atoms with E-state index in [0.29, 0.717) is 17.8 Å². The molecule has 1 aliphatic heterocycles. The number of imidazole rings is 1. The molecule has 7 heteroatoms. The van der Waals surface area contributed by atoms with Gasteiger partial charge in [0, 0.05) is 54.0 Å². The normalized spacial score (nSPS) is 20.9. The molecule has 0 atom stereocenters. The number of nitrogens with two attached hydrogens (primary N) is 1. The molecule has 7 rings (SSSR count). The number of benzene rings is 2. The number of anilines is 1. The Kier molecular flexibility index (Phi) is 5.41. The van der Waals surface area contributed by atoms with Gasteiger partial charge in [0.2, 0.25) is 0 Å². The van der Waals surface area contributed by atoms with Gasteiger partial charge in [0.15, 0.2) is 0 Å². The van der Waals surface area contributed by atoms with E-state index in [1.807, 2.05) is 24.4 Å². The molecule has 3 aromatic heterocycles. The molecule has 186 valence electrons. The van der Waals surface area contributed by atoms with Crippen molar-refractivity contribution < 1.29 is 5.11 Å². The molecule has 1 aliphatic carbocycles. The predicted molar refractivity (Wildman–Crippen MR) is 146 cm³/mol. The third kappa shape index (κ3) is 3.95. The van der Waals surface area contributed by atoms with Crippen LogP contribution in [0.3, 0.4) is 0 Å². The van der Waals surface area contributed by atoms with Gasteiger partial charge >= 0.3 is 0 Å². The van der Waals surface area contributed by atoms with Crippen molar-refractivity contribution in [2.45, 2.75) is 43.7 Å². The summed E-state index contributed by atoms with van der Waals surface area (Å²) in [5.74, 6) is 1.92. The number of nitrogens with zero attached hydrogens (tertiary/aromatic N) is 5. The van der Waals surface area contributed by atoms with E-state index in [1.165, 1.54) is 0 Å². The fourth-order valence-corrected chi connectivity index (χ4v) is 5.96. The van der Waals surface area contributed by atoms with Crippen LogP contribution in [-0.4, -0.2) is 54.6 Å². The van der Waals surface area contributed by atoms with Crippen LogP contribution in [0.5, 0.6) is 0 Å². The molecular weight excluding hydrogens is 460 g/mol. The molecule has 0 radical (unpaired) electrons. The minimum atomic E-state index is -0.137. The van der Waals surface area contributed by atoms with Crippen LogP contribution in [0.2, 0.25) is 0 Å². The Hall–Kier alpha value is -3.81. The highest BCUT2D eigenvalue weighted by molar-refractivity contribution is 5.91. The Morgan fingerprint density at radius 1 is 0.892 bits per heavy atom. The van der Waals surface area contributed by atoms with Gasteiger partial charge in [-0.15, -0.1) is 0 Å². The third-order valence-corrected chi connectivity index (χ3v) is 8.14. The second-order valence-electron chi connectivity index (χ2n) is 10.4. The summed E-state index contributed by atoms with van der Waals surface area (Å²) in [5, 5.41) is 11.0. The second kappa shape index (κ2) is 8.94. The summed E-state index contributed by atoms with van der Waals surface area (Å²) in [6.07, 6.45) is 7.51. The molecule has 37 heavy (non-hydrogen) atoms. The SMILES string of the molecule is Nc1nccn2c(C3CC(N4CCC(O)CC4)C3)nc(-c3ccc4ccc(-c5ccccc5)nc4c3)c12. The zero-order valence-corrected chi connectivity index (χ0v) is 20.7. The molecule has 7 nitrogen and oxygen atoms in total. The average molecular weight is 491 g/mol. The number of nitrogen functional groups attached to an aromatic ring is 1. The lowest BCUT2D eigenvalue weighted by Gasteiger charge is -2.44. The number of hydrogen-bond acceptors (Lipinski definition) is 6. The zero-order chi connectivity index (χ0) is 24.9. The third-order valence-electron chi connectivity index (χ3n) is 8.14. The van der Waals surface area contributed by atoms with Crippen molar-refractivity contribution in [1.82, 2.24) is 24.3 Å². The lowest BCUT2D eigenvalue weighted by atomic mass is 9.78. The van der Waals surface area contributed by atoms with Crippen molar-refractivity contribution in [2.24, 2.45) is 0 Å². The molecule has 4 heterocycles. The lowest BCUT2D eigenvalue weighted by molar-refractivity contribution is 0.0301. The highest BCUT2D eigenvalue weighted by Crippen LogP contribution is 2.42. The van der Waals surface area contributed by atoms with Gasteiger partial charge in [-0.05, 0) is 37.8 Å². The molecular formula is C30H30N6O. The topological polar surface area (TPSA) is 92.6 Å². The van der Waals surface area contributed by atoms with Crippen LogP contribution in [-0.2, 0) is 0 Å². The summed E-state index contributed by atoms with van der Waals surface area (Å²) in [6, 6.07) is 21.3. The fourth-order valence-electron chi connectivity index (χ4n) is 5.96. The molecule has 1 saturated carbocycles. The quantitative estimate of drug-likeness (QED) is 0.372. The molecule has 5 aromatic rings. The summed E-state index contributed by atoms with van der Waals surface area (Å²) in [6.45, 7) is 1.97. The highest BCUT2D eigenvalue weighted by atomic mass is 16.3. The number of pyridine rings is 1. The standard InChI is InChI=1S/C30H30N6O/c31-29-28-27(21-7-6-20-8-9-25(33-26(20)18-21)19-4-2-1-3-5-19)34-30(36(28)15-12-32-29)22-16-23(17-22)35-13-10-24(37)11-14-35/h1-9,12,15,18,22-24,37H,10-11,13-14,16-17H2,(H2,31,32). The molecule has 2 aliphatic rings. The van der Waals surface area contributed by atoms with E-state index in [0.717, 1.165) is 83.5 Å². The van der Waals surface area contributed by atoms with E-state index in [9.17, 15) is 5.11 Å². The van der Waals surface area contributed by atoms with Crippen LogP contribution >= 0.6 is 0 Å². The summed E-state index contributed by atoms with van der Waals surface area (Å²) >= 11 is 0. The number of aliphatic hydroxyl groups excluding tert-OH is 1. The number of piperidine rings is 1. The van der Waals surface area contributed by atoms with Gasteiger partial charge < -0.3 is 15.7 Å². The number of aliphatic hydroxyl groups is 1. The first-order chi connectivity index (χ1) is 18.1. The first-order valence-corrected chi connectivity index (χ1v) is 13.2. The molecule has 1 saturated heterocycles. The Bertz CT molecular complexity index is 1580. The van der Waals surface area contributed by atoms with Crippen LogP contribution in [0.15, 0.2) is 73.1 Å². The van der Waals surface area contributed by atoms with Crippen molar-refractivity contribution in [3.05, 3.63) is 78.9 Å². The van der Waals surface area contributed by atoms with Crippen LogP contribution in [0.25, 0.3) is 38.9 Å². The van der Waals surface area contributed by atoms with Crippen molar-refractivity contribution in [3.8, 4) is 22.5 Å². The molecule has 0 spiro atoms. The minimum absolute atomic E-state index is 0.137. The Morgan fingerprint density at radius 3 is 2.49 bits per heavy atom. The van der Waals surface area contributed by atoms with Crippen LogP contribution in [0.1, 0.15) is 37.4 Å². The van der Waals surface area contributed by atoms with Gasteiger partial charge in [0.1, 0.15) is 22.9 Å². The van der Waals surface area contributed by atoms with E-state index >= 15 is 0 Å². The highest BCUT2D eigenvalue weighted by Gasteiger charge is 2.38. The fraction of sp³-hybridized carbons (Fsp3) is 0.300. The number of aromatic nitrogens is 4. The van der Waals surface area contributed by atoms with E-state index < -0.39 is 0 Å². The van der Waals surface area contributed by atoms with Crippen molar-refractivity contribution in [1.29, 1.82) is 0 Å². The second-order valence-corrected chi connectivity index (χ2v) is 10.4. The van der Waals surface area contributed by atoms with Crippen molar-refractivity contribution in [2.75, 3.05) is 18.8 Å². The van der Waals surface area contributed by atoms with Gasteiger partial charge in [-0.2, -0.15) is 0 Å². The molecule has 0 amide bonds. The summed E-state index contributed by atoms with van der Waals surface area (Å²) in [5.41, 5.74) is 12.1. The smallest absolute Gasteiger partial charge is 0.150 e. The lowest BCUT2D eigenvalue weighted by Crippen LogP contribution is -2.48. The summed E-state index contributed by atoms with van der Waals surface area (Å²) < 4.78 is 2.14. The summed E-state index contributed by atoms with van der Waals surface area (Å²) in [7, 11) is 0. The van der Waals surface area contributed by atoms with Crippen molar-refractivity contribution >= 4 is 22.2 Å². The maximum absolute atomic E-state index is 9.86. The van der Waals surface area contributed by atoms with E-state index in [2.05, 4.69) is 56.7 Å². The van der Waals surface area contributed by atoms with Gasteiger partial charge in [0.05, 0.1) is 17.3 Å². The molecule has 2 aromatic carbocycles. The number of fused-ring (bicyclic) bond motifs is 2. The summed E-state index contributed by atoms with van der Waals surface area (Å²) in [4.78, 5) is 17.1. The van der Waals surface area contributed by atoms with Gasteiger partial charge in [-0.1, -0.05) is 48.5 Å². The van der Waals surface area contributed by atoms with Crippen LogP contribution < -0.4 is 5.73 Å². The van der Waals surface area contributed by atoms with Gasteiger partial charge in [0.25, 0.3) is 0 Å². The van der Waals surface area contributed by atoms with E-state index in [1.54, 1.807) is 6.20 Å². The zero-order valence-electron chi connectivity index (χ0n) is 20.7.